The van der Waals surface area contributed by atoms with Gasteiger partial charge in [0.25, 0.3) is 0 Å². The van der Waals surface area contributed by atoms with Crippen molar-refractivity contribution >= 4 is 23.2 Å². The Bertz CT molecular complexity index is 866. The number of aryl methyl sites for hydroxylation is 1. The highest BCUT2D eigenvalue weighted by Gasteiger charge is 2.18. The van der Waals surface area contributed by atoms with E-state index in [4.69, 9.17) is 5.73 Å². The first-order valence-corrected chi connectivity index (χ1v) is 8.55. The number of anilines is 2. The van der Waals surface area contributed by atoms with E-state index in [1.165, 1.54) is 6.92 Å². The Morgan fingerprint density at radius 1 is 1.20 bits per heavy atom. The van der Waals surface area contributed by atoms with Gasteiger partial charge in [-0.15, -0.1) is 11.3 Å². The molecule has 0 amide bonds. The van der Waals surface area contributed by atoms with Crippen molar-refractivity contribution in [2.45, 2.75) is 33.0 Å². The van der Waals surface area contributed by atoms with Crippen LogP contribution in [0.3, 0.4) is 0 Å². The van der Waals surface area contributed by atoms with E-state index in [0.717, 1.165) is 21.1 Å². The number of aromatic nitrogens is 5. The molecule has 9 heteroatoms. The van der Waals surface area contributed by atoms with Crippen LogP contribution >= 0.6 is 11.3 Å². The number of nitrogen functional groups attached to an aromatic ring is 1. The van der Waals surface area contributed by atoms with Gasteiger partial charge in [-0.3, -0.25) is 4.98 Å². The fraction of sp³-hybridized carbons (Fsp3) is 0.312. The maximum Gasteiger partial charge on any atom is 0.228 e. The smallest absolute Gasteiger partial charge is 0.228 e. The highest BCUT2D eigenvalue weighted by atomic mass is 32.1. The number of nitrogens with one attached hydrogen (secondary N) is 1. The predicted octanol–water partition coefficient (Wildman–Crippen LogP) is 3.48. The Morgan fingerprint density at radius 2 is 2.00 bits per heavy atom. The summed E-state index contributed by atoms with van der Waals surface area (Å²) in [6.45, 7) is 5.27. The Kier molecular flexibility index (Phi) is 4.84. The molecule has 3 rings (SSSR count). The Labute approximate surface area is 148 Å². The van der Waals surface area contributed by atoms with Gasteiger partial charge in [0.2, 0.25) is 11.9 Å². The van der Waals surface area contributed by atoms with Crippen molar-refractivity contribution in [2.75, 3.05) is 11.1 Å². The number of alkyl halides is 1. The fourth-order valence-electron chi connectivity index (χ4n) is 2.33. The second-order valence-corrected chi connectivity index (χ2v) is 6.60. The van der Waals surface area contributed by atoms with Gasteiger partial charge in [-0.1, -0.05) is 0 Å². The number of thiazole rings is 1. The summed E-state index contributed by atoms with van der Waals surface area (Å²) in [5.74, 6) is 0.246. The molecule has 3 aromatic heterocycles. The first-order valence-electron chi connectivity index (χ1n) is 7.74. The van der Waals surface area contributed by atoms with Crippen LogP contribution in [-0.2, 0) is 0 Å². The molecule has 3 aromatic rings. The minimum absolute atomic E-state index is 0.0127. The monoisotopic (exact) mass is 359 g/mol. The van der Waals surface area contributed by atoms with E-state index in [9.17, 15) is 4.39 Å². The molecular formula is C16H18FN7S. The molecule has 3 N–H and O–H groups in total. The summed E-state index contributed by atoms with van der Waals surface area (Å²) < 4.78 is 13.5. The maximum atomic E-state index is 13.5. The molecule has 0 radical (unpaired) electrons. The molecule has 0 aliphatic rings. The van der Waals surface area contributed by atoms with Crippen LogP contribution in [-0.4, -0.2) is 24.9 Å². The topological polar surface area (TPSA) is 102 Å². The van der Waals surface area contributed by atoms with Crippen molar-refractivity contribution < 1.29 is 4.39 Å². The second kappa shape index (κ2) is 7.06. The number of hydrogen-bond acceptors (Lipinski definition) is 8. The molecule has 0 aromatic carbocycles. The van der Waals surface area contributed by atoms with E-state index in [0.29, 0.717) is 0 Å². The maximum absolute atomic E-state index is 13.5. The second-order valence-electron chi connectivity index (χ2n) is 5.57. The van der Waals surface area contributed by atoms with Crippen LogP contribution in [0, 0.1) is 6.92 Å². The van der Waals surface area contributed by atoms with E-state index in [2.05, 4.69) is 30.2 Å². The third kappa shape index (κ3) is 3.87. The van der Waals surface area contributed by atoms with Gasteiger partial charge in [-0.25, -0.2) is 9.37 Å². The van der Waals surface area contributed by atoms with Crippen LogP contribution in [0.15, 0.2) is 24.5 Å². The number of hydrogen-bond donors (Lipinski definition) is 2. The van der Waals surface area contributed by atoms with E-state index >= 15 is 0 Å². The Morgan fingerprint density at radius 3 is 2.68 bits per heavy atom. The molecule has 0 bridgehead atoms. The molecule has 7 nitrogen and oxygen atoms in total. The van der Waals surface area contributed by atoms with Crippen molar-refractivity contribution in [3.8, 4) is 10.6 Å². The summed E-state index contributed by atoms with van der Waals surface area (Å²) in [6.07, 6.45) is 2.19. The molecule has 0 aliphatic heterocycles. The van der Waals surface area contributed by atoms with Crippen LogP contribution in [0.2, 0.25) is 0 Å². The zero-order valence-corrected chi connectivity index (χ0v) is 14.9. The molecule has 130 valence electrons. The lowest BCUT2D eigenvalue weighted by atomic mass is 10.2. The average molecular weight is 359 g/mol. The van der Waals surface area contributed by atoms with Crippen molar-refractivity contribution in [3.63, 3.8) is 0 Å². The number of rotatable bonds is 5. The van der Waals surface area contributed by atoms with E-state index in [1.807, 2.05) is 26.0 Å². The highest BCUT2D eigenvalue weighted by molar-refractivity contribution is 7.15. The summed E-state index contributed by atoms with van der Waals surface area (Å²) in [5, 5.41) is 4.04. The van der Waals surface area contributed by atoms with Gasteiger partial charge in [0.15, 0.2) is 12.0 Å². The first-order chi connectivity index (χ1) is 11.9. The molecule has 2 unspecified atom stereocenters. The number of nitrogens with two attached hydrogens (primary N) is 1. The predicted molar refractivity (Wildman–Crippen MR) is 95.9 cm³/mol. The molecule has 0 spiro atoms. The molecule has 0 saturated heterocycles. The van der Waals surface area contributed by atoms with Crippen LogP contribution in [0.5, 0.6) is 0 Å². The summed E-state index contributed by atoms with van der Waals surface area (Å²) in [7, 11) is 0. The van der Waals surface area contributed by atoms with Gasteiger partial charge in [-0.2, -0.15) is 15.0 Å². The lowest BCUT2D eigenvalue weighted by molar-refractivity contribution is 0.356. The van der Waals surface area contributed by atoms with Crippen molar-refractivity contribution in [1.82, 2.24) is 24.9 Å². The minimum atomic E-state index is -1.32. The summed E-state index contributed by atoms with van der Waals surface area (Å²) >= 11 is 1.56. The minimum Gasteiger partial charge on any atom is -0.368 e. The normalized spacial score (nSPS) is 13.4. The molecule has 3 heterocycles. The standard InChI is InChI=1S/C16H18FN7S/c1-8(17)13-22-15(18)24-16(23-13)21-10(3)12-9(2)20-14(25-12)11-5-4-6-19-7-11/h4-8,10H,1-3H3,(H3,18,21,22,23,24). The Balaban J connectivity index is 1.85. The van der Waals surface area contributed by atoms with Gasteiger partial charge in [0.05, 0.1) is 16.6 Å². The van der Waals surface area contributed by atoms with Gasteiger partial charge in [0, 0.05) is 18.0 Å². The molecular weight excluding hydrogens is 341 g/mol. The molecule has 0 saturated carbocycles. The largest absolute Gasteiger partial charge is 0.368 e. The van der Waals surface area contributed by atoms with Crippen molar-refractivity contribution in [2.24, 2.45) is 0 Å². The summed E-state index contributed by atoms with van der Waals surface area (Å²) in [4.78, 5) is 21.7. The van der Waals surface area contributed by atoms with Gasteiger partial charge >= 0.3 is 0 Å². The summed E-state index contributed by atoms with van der Waals surface area (Å²) in [5.41, 5.74) is 7.51. The van der Waals surface area contributed by atoms with Crippen LogP contribution < -0.4 is 11.1 Å². The molecule has 0 fully saturated rings. The number of nitrogens with zero attached hydrogens (tertiary/aromatic N) is 5. The zero-order valence-electron chi connectivity index (χ0n) is 14.1. The fourth-order valence-corrected chi connectivity index (χ4v) is 3.39. The van der Waals surface area contributed by atoms with Crippen LogP contribution in [0.1, 0.15) is 42.5 Å². The molecule has 2 atom stereocenters. The van der Waals surface area contributed by atoms with Gasteiger partial charge in [0.1, 0.15) is 5.01 Å². The van der Waals surface area contributed by atoms with Crippen LogP contribution in [0.25, 0.3) is 10.6 Å². The lowest BCUT2D eigenvalue weighted by Gasteiger charge is -2.13. The molecule has 25 heavy (non-hydrogen) atoms. The third-order valence-corrected chi connectivity index (χ3v) is 4.89. The highest BCUT2D eigenvalue weighted by Crippen LogP contribution is 2.32. The Hall–Kier alpha value is -2.68. The van der Waals surface area contributed by atoms with E-state index in [-0.39, 0.29) is 23.8 Å². The quantitative estimate of drug-likeness (QED) is 0.719. The van der Waals surface area contributed by atoms with Gasteiger partial charge < -0.3 is 11.1 Å². The van der Waals surface area contributed by atoms with E-state index < -0.39 is 6.17 Å². The van der Waals surface area contributed by atoms with Crippen molar-refractivity contribution in [1.29, 1.82) is 0 Å². The SMILES string of the molecule is Cc1nc(-c2cccnc2)sc1C(C)Nc1nc(N)nc(C(C)F)n1. The van der Waals surface area contributed by atoms with Gasteiger partial charge in [-0.05, 0) is 32.9 Å². The molecule has 0 aliphatic carbocycles. The van der Waals surface area contributed by atoms with E-state index in [1.54, 1.807) is 23.7 Å². The van der Waals surface area contributed by atoms with Crippen LogP contribution in [0.4, 0.5) is 16.3 Å². The lowest BCUT2D eigenvalue weighted by Crippen LogP contribution is -2.13. The summed E-state index contributed by atoms with van der Waals surface area (Å²) in [6, 6.07) is 3.72. The third-order valence-electron chi connectivity index (χ3n) is 3.51. The first kappa shape index (κ1) is 17.2. The average Bonchev–Trinajstić information content (AvgIpc) is 2.97. The number of pyridine rings is 1. The number of halogens is 1. The zero-order chi connectivity index (χ0) is 18.0. The van der Waals surface area contributed by atoms with Crippen molar-refractivity contribution in [3.05, 3.63) is 40.9 Å².